The Balaban J connectivity index is 2.26. The van der Waals surface area contributed by atoms with E-state index in [2.05, 4.69) is 4.72 Å². The van der Waals surface area contributed by atoms with E-state index in [0.717, 1.165) is 6.26 Å². The standard InChI is InChI=1S/C15H11NO4S/c1-21(19,20)16-12-8-4-7-11-13(12)15(18)10-6-3-2-5-9(10)14(11)17/h2-8,16H,1H3. The van der Waals surface area contributed by atoms with Gasteiger partial charge >= 0.3 is 0 Å². The van der Waals surface area contributed by atoms with Crippen LogP contribution in [0.2, 0.25) is 0 Å². The van der Waals surface area contributed by atoms with Crippen LogP contribution in [0.25, 0.3) is 0 Å². The summed E-state index contributed by atoms with van der Waals surface area (Å²) in [7, 11) is -3.54. The van der Waals surface area contributed by atoms with E-state index in [4.69, 9.17) is 0 Å². The van der Waals surface area contributed by atoms with Gasteiger partial charge < -0.3 is 0 Å². The van der Waals surface area contributed by atoms with Gasteiger partial charge in [0.1, 0.15) is 0 Å². The van der Waals surface area contributed by atoms with Crippen molar-refractivity contribution in [3.8, 4) is 0 Å². The molecule has 1 aliphatic carbocycles. The van der Waals surface area contributed by atoms with E-state index in [9.17, 15) is 18.0 Å². The van der Waals surface area contributed by atoms with Gasteiger partial charge in [0.15, 0.2) is 11.6 Å². The Kier molecular flexibility index (Phi) is 2.91. The van der Waals surface area contributed by atoms with Crippen LogP contribution in [0.3, 0.4) is 0 Å². The van der Waals surface area contributed by atoms with E-state index < -0.39 is 10.0 Å². The van der Waals surface area contributed by atoms with Gasteiger partial charge in [0.05, 0.1) is 17.5 Å². The monoisotopic (exact) mass is 301 g/mol. The number of anilines is 1. The molecule has 0 amide bonds. The lowest BCUT2D eigenvalue weighted by Crippen LogP contribution is -2.23. The normalized spacial score (nSPS) is 13.6. The van der Waals surface area contributed by atoms with Crippen LogP contribution in [0.5, 0.6) is 0 Å². The third-order valence-corrected chi connectivity index (χ3v) is 3.84. The first-order valence-corrected chi connectivity index (χ1v) is 8.07. The number of carbonyl (C=O) groups is 2. The topological polar surface area (TPSA) is 80.3 Å². The van der Waals surface area contributed by atoms with Gasteiger partial charge in [0.2, 0.25) is 10.0 Å². The molecule has 0 bridgehead atoms. The number of rotatable bonds is 2. The van der Waals surface area contributed by atoms with Crippen molar-refractivity contribution in [2.45, 2.75) is 0 Å². The molecule has 106 valence electrons. The van der Waals surface area contributed by atoms with E-state index >= 15 is 0 Å². The van der Waals surface area contributed by atoms with Crippen LogP contribution in [-0.2, 0) is 10.0 Å². The zero-order valence-corrected chi connectivity index (χ0v) is 11.9. The molecule has 0 spiro atoms. The minimum Gasteiger partial charge on any atom is -0.289 e. The van der Waals surface area contributed by atoms with Crippen LogP contribution in [0.15, 0.2) is 42.5 Å². The number of carbonyl (C=O) groups excluding carboxylic acids is 2. The summed E-state index contributed by atoms with van der Waals surface area (Å²) < 4.78 is 25.1. The number of benzene rings is 2. The Morgan fingerprint density at radius 3 is 2.00 bits per heavy atom. The summed E-state index contributed by atoms with van der Waals surface area (Å²) in [4.78, 5) is 25.0. The first kappa shape index (κ1) is 13.5. The van der Waals surface area contributed by atoms with Gasteiger partial charge in [-0.15, -0.1) is 0 Å². The Hall–Kier alpha value is -2.47. The molecule has 3 rings (SSSR count). The lowest BCUT2D eigenvalue weighted by atomic mass is 9.83. The van der Waals surface area contributed by atoms with Gasteiger partial charge in [0.25, 0.3) is 0 Å². The second-order valence-electron chi connectivity index (χ2n) is 4.81. The van der Waals surface area contributed by atoms with Crippen molar-refractivity contribution < 1.29 is 18.0 Å². The smallest absolute Gasteiger partial charge is 0.229 e. The molecule has 0 saturated carbocycles. The Bertz CT molecular complexity index is 884. The average Bonchev–Trinajstić information content (AvgIpc) is 2.43. The van der Waals surface area contributed by atoms with E-state index in [1.165, 1.54) is 12.1 Å². The largest absolute Gasteiger partial charge is 0.289 e. The summed E-state index contributed by atoms with van der Waals surface area (Å²) in [5, 5.41) is 0. The molecule has 1 N–H and O–H groups in total. The predicted molar refractivity (Wildman–Crippen MR) is 78.2 cm³/mol. The van der Waals surface area contributed by atoms with Gasteiger partial charge in [-0.3, -0.25) is 14.3 Å². The van der Waals surface area contributed by atoms with Gasteiger partial charge in [-0.05, 0) is 6.07 Å². The fourth-order valence-corrected chi connectivity index (χ4v) is 3.00. The highest BCUT2D eigenvalue weighted by Gasteiger charge is 2.31. The molecular weight excluding hydrogens is 290 g/mol. The Morgan fingerprint density at radius 1 is 0.810 bits per heavy atom. The molecule has 2 aromatic rings. The average molecular weight is 301 g/mol. The van der Waals surface area contributed by atoms with E-state index in [-0.39, 0.29) is 33.9 Å². The minimum absolute atomic E-state index is 0.103. The second kappa shape index (κ2) is 4.53. The summed E-state index contributed by atoms with van der Waals surface area (Å²) in [6.07, 6.45) is 0.995. The number of nitrogens with one attached hydrogen (secondary N) is 1. The number of hydrogen-bond acceptors (Lipinski definition) is 4. The summed E-state index contributed by atoms with van der Waals surface area (Å²) in [6.45, 7) is 0. The molecule has 0 fully saturated rings. The van der Waals surface area contributed by atoms with Gasteiger partial charge in [-0.1, -0.05) is 36.4 Å². The van der Waals surface area contributed by atoms with Crippen molar-refractivity contribution in [2.75, 3.05) is 11.0 Å². The molecule has 1 aliphatic rings. The number of ketones is 2. The maximum absolute atomic E-state index is 12.6. The van der Waals surface area contributed by atoms with Gasteiger partial charge in [-0.25, -0.2) is 8.42 Å². The highest BCUT2D eigenvalue weighted by molar-refractivity contribution is 7.92. The third kappa shape index (κ3) is 2.23. The van der Waals surface area contributed by atoms with Gasteiger partial charge in [0, 0.05) is 16.7 Å². The first-order chi connectivity index (χ1) is 9.88. The molecule has 0 aromatic heterocycles. The zero-order valence-electron chi connectivity index (χ0n) is 11.1. The van der Waals surface area contributed by atoms with Crippen LogP contribution in [-0.4, -0.2) is 26.2 Å². The van der Waals surface area contributed by atoms with Crippen molar-refractivity contribution in [2.24, 2.45) is 0 Å². The van der Waals surface area contributed by atoms with Crippen LogP contribution in [0.4, 0.5) is 5.69 Å². The molecule has 6 heteroatoms. The first-order valence-electron chi connectivity index (χ1n) is 6.18. The lowest BCUT2D eigenvalue weighted by molar-refractivity contribution is 0.0979. The van der Waals surface area contributed by atoms with E-state index in [0.29, 0.717) is 5.56 Å². The van der Waals surface area contributed by atoms with Crippen molar-refractivity contribution in [1.29, 1.82) is 0 Å². The molecular formula is C15H11NO4S. The molecule has 0 heterocycles. The highest BCUT2D eigenvalue weighted by Crippen LogP contribution is 2.32. The SMILES string of the molecule is CS(=O)(=O)Nc1cccc2c1C(=O)c1ccccc1C2=O. The Morgan fingerprint density at radius 2 is 1.38 bits per heavy atom. The van der Waals surface area contributed by atoms with E-state index in [1.54, 1.807) is 30.3 Å². The number of sulfonamides is 1. The molecule has 2 aromatic carbocycles. The fourth-order valence-electron chi connectivity index (χ4n) is 2.43. The molecule has 0 unspecified atom stereocenters. The van der Waals surface area contributed by atoms with Crippen LogP contribution < -0.4 is 4.72 Å². The van der Waals surface area contributed by atoms with Crippen molar-refractivity contribution >= 4 is 27.3 Å². The van der Waals surface area contributed by atoms with Crippen molar-refractivity contribution in [3.63, 3.8) is 0 Å². The summed E-state index contributed by atoms with van der Waals surface area (Å²) in [5.41, 5.74) is 1.08. The van der Waals surface area contributed by atoms with Crippen molar-refractivity contribution in [1.82, 2.24) is 0 Å². The fraction of sp³-hybridized carbons (Fsp3) is 0.0667. The number of hydrogen-bond donors (Lipinski definition) is 1. The molecule has 0 aliphatic heterocycles. The number of fused-ring (bicyclic) bond motifs is 2. The molecule has 0 atom stereocenters. The maximum atomic E-state index is 12.6. The summed E-state index contributed by atoms with van der Waals surface area (Å²) in [5.74, 6) is -0.635. The predicted octanol–water partition coefficient (Wildman–Crippen LogP) is 1.83. The third-order valence-electron chi connectivity index (χ3n) is 3.25. The van der Waals surface area contributed by atoms with Crippen molar-refractivity contribution in [3.05, 3.63) is 64.7 Å². The van der Waals surface area contributed by atoms with E-state index in [1.807, 2.05) is 0 Å². The maximum Gasteiger partial charge on any atom is 0.229 e. The highest BCUT2D eigenvalue weighted by atomic mass is 32.2. The second-order valence-corrected chi connectivity index (χ2v) is 6.55. The van der Waals surface area contributed by atoms with Crippen LogP contribution >= 0.6 is 0 Å². The van der Waals surface area contributed by atoms with Crippen LogP contribution in [0, 0.1) is 0 Å². The molecule has 0 radical (unpaired) electrons. The summed E-state index contributed by atoms with van der Waals surface area (Å²) in [6, 6.07) is 11.1. The zero-order chi connectivity index (χ0) is 15.2. The Labute approximate surface area is 121 Å². The summed E-state index contributed by atoms with van der Waals surface area (Å²) >= 11 is 0. The van der Waals surface area contributed by atoms with Crippen LogP contribution in [0.1, 0.15) is 31.8 Å². The quantitative estimate of drug-likeness (QED) is 0.783. The molecule has 0 saturated heterocycles. The van der Waals surface area contributed by atoms with Gasteiger partial charge in [-0.2, -0.15) is 0 Å². The lowest BCUT2D eigenvalue weighted by Gasteiger charge is -2.20. The molecule has 5 nitrogen and oxygen atoms in total. The molecule has 21 heavy (non-hydrogen) atoms. The minimum atomic E-state index is -3.54.